The zero-order chi connectivity index (χ0) is 17.0. The summed E-state index contributed by atoms with van der Waals surface area (Å²) in [5, 5.41) is 2.55. The normalized spacial score (nSPS) is 16.3. The van der Waals surface area contributed by atoms with Crippen molar-refractivity contribution in [2.75, 3.05) is 20.8 Å². The van der Waals surface area contributed by atoms with Crippen molar-refractivity contribution in [3.8, 4) is 11.5 Å². The number of ether oxygens (including phenoxy) is 2. The fraction of sp³-hybridized carbons (Fsp3) is 0.188. The number of benzene rings is 1. The van der Waals surface area contributed by atoms with Crippen molar-refractivity contribution < 1.29 is 19.1 Å². The molecule has 1 saturated heterocycles. The maximum Gasteiger partial charge on any atom is 0.265 e. The second kappa shape index (κ2) is 7.06. The Balaban J connectivity index is 2.34. The molecule has 1 N–H and O–H groups in total. The predicted molar refractivity (Wildman–Crippen MR) is 90.2 cm³/mol. The minimum Gasteiger partial charge on any atom is -0.493 e. The molecule has 6 nitrogen and oxygen atoms in total. The van der Waals surface area contributed by atoms with Crippen LogP contribution in [0.5, 0.6) is 11.5 Å². The van der Waals surface area contributed by atoms with E-state index in [0.717, 1.165) is 0 Å². The number of hydrogen-bond donors (Lipinski definition) is 1. The highest BCUT2D eigenvalue weighted by Crippen LogP contribution is 2.29. The Morgan fingerprint density at radius 3 is 2.74 bits per heavy atom. The van der Waals surface area contributed by atoms with Gasteiger partial charge in [0.05, 0.1) is 7.11 Å². The molecule has 1 aliphatic heterocycles. The van der Waals surface area contributed by atoms with Crippen LogP contribution in [-0.4, -0.2) is 42.6 Å². The van der Waals surface area contributed by atoms with E-state index in [1.807, 2.05) is 0 Å². The Bertz CT molecular complexity index is 712. The summed E-state index contributed by atoms with van der Waals surface area (Å²) in [7, 11) is 3.02. The lowest BCUT2D eigenvalue weighted by Crippen LogP contribution is -2.52. The van der Waals surface area contributed by atoms with Gasteiger partial charge in [0.15, 0.2) is 16.6 Å². The van der Waals surface area contributed by atoms with E-state index in [1.165, 1.54) is 25.1 Å². The Hall–Kier alpha value is -2.67. The number of hydrogen-bond acceptors (Lipinski definition) is 5. The predicted octanol–water partition coefficient (Wildman–Crippen LogP) is 1.52. The van der Waals surface area contributed by atoms with Gasteiger partial charge in [-0.2, -0.15) is 0 Å². The zero-order valence-electron chi connectivity index (χ0n) is 12.8. The number of carbonyl (C=O) groups is 2. The molecule has 0 aliphatic carbocycles. The Morgan fingerprint density at radius 1 is 1.35 bits per heavy atom. The standard InChI is InChI=1S/C16H16N2O4S/c1-4-7-22-12-6-5-10(9-13(12)21-3)8-11-14(19)17-16(23)18(2)15(11)20/h4-6,8-9H,1,7H2,2-3H3,(H,17,19,23)/b11-8+. The number of rotatable bonds is 5. The maximum atomic E-state index is 12.2. The molecule has 1 aromatic carbocycles. The molecule has 1 aromatic rings. The number of likely N-dealkylation sites (N-methyl/N-ethyl adjacent to an activating group) is 1. The molecule has 120 valence electrons. The molecular formula is C16H16N2O4S. The number of thiocarbonyl (C=S) groups is 1. The average molecular weight is 332 g/mol. The van der Waals surface area contributed by atoms with Crippen molar-refractivity contribution in [3.63, 3.8) is 0 Å². The Kier molecular flexibility index (Phi) is 5.13. The highest BCUT2D eigenvalue weighted by Gasteiger charge is 2.30. The van der Waals surface area contributed by atoms with E-state index in [2.05, 4.69) is 11.9 Å². The van der Waals surface area contributed by atoms with Crippen molar-refractivity contribution in [3.05, 3.63) is 42.0 Å². The van der Waals surface area contributed by atoms with Crippen LogP contribution in [0.15, 0.2) is 36.4 Å². The molecular weight excluding hydrogens is 316 g/mol. The first-order valence-electron chi connectivity index (χ1n) is 6.74. The SMILES string of the molecule is C=CCOc1ccc(/C=C2\C(=O)NC(=S)N(C)C2=O)cc1OC. The molecule has 0 saturated carbocycles. The summed E-state index contributed by atoms with van der Waals surface area (Å²) in [6.07, 6.45) is 3.11. The molecule has 0 radical (unpaired) electrons. The fourth-order valence-electron chi connectivity index (χ4n) is 1.95. The van der Waals surface area contributed by atoms with Gasteiger partial charge in [0.2, 0.25) is 0 Å². The monoisotopic (exact) mass is 332 g/mol. The number of amides is 2. The largest absolute Gasteiger partial charge is 0.493 e. The molecule has 0 spiro atoms. The molecule has 23 heavy (non-hydrogen) atoms. The van der Waals surface area contributed by atoms with E-state index in [1.54, 1.807) is 24.3 Å². The zero-order valence-corrected chi connectivity index (χ0v) is 13.6. The molecule has 0 atom stereocenters. The lowest BCUT2D eigenvalue weighted by atomic mass is 10.1. The first kappa shape index (κ1) is 16.7. The van der Waals surface area contributed by atoms with Crippen LogP contribution in [0.2, 0.25) is 0 Å². The molecule has 1 aliphatic rings. The third-order valence-corrected chi connectivity index (χ3v) is 3.54. The number of nitrogens with zero attached hydrogens (tertiary/aromatic N) is 1. The van der Waals surface area contributed by atoms with Crippen molar-refractivity contribution in [1.82, 2.24) is 10.2 Å². The molecule has 1 fully saturated rings. The minimum absolute atomic E-state index is 0.00270. The maximum absolute atomic E-state index is 12.2. The van der Waals surface area contributed by atoms with E-state index < -0.39 is 11.8 Å². The third kappa shape index (κ3) is 3.57. The van der Waals surface area contributed by atoms with Gasteiger partial charge in [-0.1, -0.05) is 18.7 Å². The van der Waals surface area contributed by atoms with Gasteiger partial charge in [-0.05, 0) is 36.0 Å². The van der Waals surface area contributed by atoms with Gasteiger partial charge in [-0.3, -0.25) is 19.8 Å². The minimum atomic E-state index is -0.524. The smallest absolute Gasteiger partial charge is 0.265 e. The van der Waals surface area contributed by atoms with Gasteiger partial charge >= 0.3 is 0 Å². The van der Waals surface area contributed by atoms with E-state index >= 15 is 0 Å². The van der Waals surface area contributed by atoms with Gasteiger partial charge in [0.1, 0.15) is 12.2 Å². The van der Waals surface area contributed by atoms with E-state index in [0.29, 0.717) is 23.7 Å². The lowest BCUT2D eigenvalue weighted by molar-refractivity contribution is -0.128. The summed E-state index contributed by atoms with van der Waals surface area (Å²) >= 11 is 4.90. The van der Waals surface area contributed by atoms with Gasteiger partial charge < -0.3 is 9.47 Å². The van der Waals surface area contributed by atoms with Crippen molar-refractivity contribution in [2.45, 2.75) is 0 Å². The van der Waals surface area contributed by atoms with Crippen molar-refractivity contribution >= 4 is 35.2 Å². The third-order valence-electron chi connectivity index (χ3n) is 3.16. The second-order valence-corrected chi connectivity index (χ2v) is 5.08. The molecule has 1 heterocycles. The average Bonchev–Trinajstić information content (AvgIpc) is 2.55. The second-order valence-electron chi connectivity index (χ2n) is 4.69. The van der Waals surface area contributed by atoms with Crippen molar-refractivity contribution in [1.29, 1.82) is 0 Å². The summed E-state index contributed by atoms with van der Waals surface area (Å²) in [5.74, 6) is 0.0646. The summed E-state index contributed by atoms with van der Waals surface area (Å²) < 4.78 is 10.7. The molecule has 2 amide bonds. The van der Waals surface area contributed by atoms with Crippen LogP contribution in [0.3, 0.4) is 0 Å². The highest BCUT2D eigenvalue weighted by molar-refractivity contribution is 7.80. The van der Waals surface area contributed by atoms with E-state index in [-0.39, 0.29) is 10.7 Å². The van der Waals surface area contributed by atoms with Gasteiger partial charge in [-0.25, -0.2) is 0 Å². The number of nitrogens with one attached hydrogen (secondary N) is 1. The van der Waals surface area contributed by atoms with E-state index in [4.69, 9.17) is 21.7 Å². The van der Waals surface area contributed by atoms with Crippen LogP contribution >= 0.6 is 12.2 Å². The van der Waals surface area contributed by atoms with Crippen molar-refractivity contribution in [2.24, 2.45) is 0 Å². The number of carbonyl (C=O) groups excluding carboxylic acids is 2. The van der Waals surface area contributed by atoms with Crippen LogP contribution in [0.4, 0.5) is 0 Å². The van der Waals surface area contributed by atoms with Gasteiger partial charge in [-0.15, -0.1) is 0 Å². The quantitative estimate of drug-likeness (QED) is 0.383. The molecule has 0 unspecified atom stereocenters. The Labute approximate surface area is 139 Å². The lowest BCUT2D eigenvalue weighted by Gasteiger charge is -2.25. The highest BCUT2D eigenvalue weighted by atomic mass is 32.1. The molecule has 0 bridgehead atoms. The van der Waals surface area contributed by atoms with Gasteiger partial charge in [0, 0.05) is 7.05 Å². The van der Waals surface area contributed by atoms with Gasteiger partial charge in [0.25, 0.3) is 11.8 Å². The molecule has 2 rings (SSSR count). The molecule has 0 aromatic heterocycles. The first-order chi connectivity index (χ1) is 11.0. The molecule has 7 heteroatoms. The first-order valence-corrected chi connectivity index (χ1v) is 7.15. The van der Waals surface area contributed by atoms with Crippen LogP contribution in [0.1, 0.15) is 5.56 Å². The van der Waals surface area contributed by atoms with Crippen LogP contribution < -0.4 is 14.8 Å². The summed E-state index contributed by atoms with van der Waals surface area (Å²) in [6.45, 7) is 3.93. The Morgan fingerprint density at radius 2 is 2.09 bits per heavy atom. The summed E-state index contributed by atoms with van der Waals surface area (Å²) in [4.78, 5) is 25.3. The van der Waals surface area contributed by atoms with Crippen LogP contribution in [0.25, 0.3) is 6.08 Å². The summed E-state index contributed by atoms with van der Waals surface area (Å²) in [6, 6.07) is 5.11. The topological polar surface area (TPSA) is 67.9 Å². The van der Waals surface area contributed by atoms with E-state index in [9.17, 15) is 9.59 Å². The van der Waals surface area contributed by atoms with Crippen LogP contribution in [-0.2, 0) is 9.59 Å². The number of methoxy groups -OCH3 is 1. The van der Waals surface area contributed by atoms with Crippen LogP contribution in [0, 0.1) is 0 Å². The fourth-order valence-corrected chi connectivity index (χ4v) is 2.13. The summed E-state index contributed by atoms with van der Waals surface area (Å²) in [5.41, 5.74) is 0.635.